The zero-order valence-electron chi connectivity index (χ0n) is 16.9. The SMILES string of the molecule is CCOc1ccc(NC(=O)/C(C#N)=C\N2C(C)(C)CC(N)CC2(C)C)cc1. The van der Waals surface area contributed by atoms with Crippen molar-refractivity contribution < 1.29 is 9.53 Å². The molecule has 1 aliphatic rings. The number of carbonyl (C=O) groups is 1. The zero-order chi connectivity index (χ0) is 20.2. The summed E-state index contributed by atoms with van der Waals surface area (Å²) in [4.78, 5) is 14.7. The van der Waals surface area contributed by atoms with E-state index < -0.39 is 5.91 Å². The van der Waals surface area contributed by atoms with Crippen LogP contribution in [0.4, 0.5) is 5.69 Å². The second-order valence-electron chi connectivity index (χ2n) is 8.23. The van der Waals surface area contributed by atoms with Gasteiger partial charge in [-0.3, -0.25) is 4.79 Å². The molecule has 0 spiro atoms. The Morgan fingerprint density at radius 1 is 1.30 bits per heavy atom. The third-order valence-electron chi connectivity index (χ3n) is 4.87. The summed E-state index contributed by atoms with van der Waals surface area (Å²) in [6, 6.07) is 9.22. The number of hydrogen-bond donors (Lipinski definition) is 2. The lowest BCUT2D eigenvalue weighted by molar-refractivity contribution is -0.112. The number of anilines is 1. The first-order valence-corrected chi connectivity index (χ1v) is 9.30. The number of hydrogen-bond acceptors (Lipinski definition) is 5. The molecule has 1 saturated heterocycles. The van der Waals surface area contributed by atoms with Crippen molar-refractivity contribution >= 4 is 11.6 Å². The van der Waals surface area contributed by atoms with Crippen LogP contribution in [0.15, 0.2) is 36.0 Å². The van der Waals surface area contributed by atoms with Crippen molar-refractivity contribution in [1.82, 2.24) is 4.90 Å². The summed E-state index contributed by atoms with van der Waals surface area (Å²) < 4.78 is 5.40. The van der Waals surface area contributed by atoms with Crippen molar-refractivity contribution in [3.63, 3.8) is 0 Å². The summed E-state index contributed by atoms with van der Waals surface area (Å²) >= 11 is 0. The molecule has 1 fully saturated rings. The highest BCUT2D eigenvalue weighted by Crippen LogP contribution is 2.38. The van der Waals surface area contributed by atoms with E-state index in [0.29, 0.717) is 12.3 Å². The maximum atomic E-state index is 12.6. The predicted octanol–water partition coefficient (Wildman–Crippen LogP) is 3.41. The molecule has 1 aromatic carbocycles. The second kappa shape index (κ2) is 8.01. The molecule has 0 atom stereocenters. The third-order valence-corrected chi connectivity index (χ3v) is 4.87. The fourth-order valence-corrected chi connectivity index (χ4v) is 3.99. The van der Waals surface area contributed by atoms with Gasteiger partial charge in [0.1, 0.15) is 17.4 Å². The number of amides is 1. The van der Waals surface area contributed by atoms with Crippen LogP contribution in [0.2, 0.25) is 0 Å². The average Bonchev–Trinajstić information content (AvgIpc) is 2.54. The quantitative estimate of drug-likeness (QED) is 0.612. The second-order valence-corrected chi connectivity index (χ2v) is 8.23. The van der Waals surface area contributed by atoms with E-state index in [1.807, 2.05) is 13.0 Å². The molecule has 27 heavy (non-hydrogen) atoms. The number of carbonyl (C=O) groups excluding carboxylic acids is 1. The molecule has 1 heterocycles. The molecule has 1 aromatic rings. The van der Waals surface area contributed by atoms with Gasteiger partial charge in [-0.15, -0.1) is 0 Å². The molecule has 0 radical (unpaired) electrons. The molecule has 6 nitrogen and oxygen atoms in total. The van der Waals surface area contributed by atoms with E-state index in [1.165, 1.54) is 0 Å². The molecule has 146 valence electrons. The Kier molecular flexibility index (Phi) is 6.17. The first-order chi connectivity index (χ1) is 12.6. The van der Waals surface area contributed by atoms with Crippen LogP contribution in [0.25, 0.3) is 0 Å². The number of ether oxygens (including phenoxy) is 1. The van der Waals surface area contributed by atoms with Gasteiger partial charge in [0.05, 0.1) is 6.61 Å². The Hall–Kier alpha value is -2.52. The Bertz CT molecular complexity index is 726. The Morgan fingerprint density at radius 2 is 1.85 bits per heavy atom. The molecular formula is C21H30N4O2. The predicted molar refractivity (Wildman–Crippen MR) is 107 cm³/mol. The number of piperidine rings is 1. The Morgan fingerprint density at radius 3 is 2.33 bits per heavy atom. The molecule has 0 unspecified atom stereocenters. The fraction of sp³-hybridized carbons (Fsp3) is 0.524. The summed E-state index contributed by atoms with van der Waals surface area (Å²) in [6.45, 7) is 10.8. The lowest BCUT2D eigenvalue weighted by atomic mass is 9.77. The smallest absolute Gasteiger partial charge is 0.267 e. The Labute approximate surface area is 162 Å². The largest absolute Gasteiger partial charge is 0.494 e. The van der Waals surface area contributed by atoms with E-state index in [1.54, 1.807) is 30.5 Å². The number of likely N-dealkylation sites (tertiary alicyclic amines) is 1. The van der Waals surface area contributed by atoms with Gasteiger partial charge in [-0.25, -0.2) is 0 Å². The molecule has 0 bridgehead atoms. The van der Waals surface area contributed by atoms with Gasteiger partial charge in [-0.05, 0) is 71.7 Å². The van der Waals surface area contributed by atoms with Crippen LogP contribution in [0.3, 0.4) is 0 Å². The van der Waals surface area contributed by atoms with Crippen LogP contribution in [-0.4, -0.2) is 34.5 Å². The van der Waals surface area contributed by atoms with Gasteiger partial charge in [0.25, 0.3) is 5.91 Å². The standard InChI is InChI=1S/C21H30N4O2/c1-6-27-18-9-7-17(8-10-18)24-19(26)15(13-22)14-25-20(2,3)11-16(23)12-21(25,4)5/h7-10,14,16H,6,11-12,23H2,1-5H3,(H,24,26)/b15-14-. The minimum absolute atomic E-state index is 0.0699. The van der Waals surface area contributed by atoms with E-state index in [-0.39, 0.29) is 22.7 Å². The maximum Gasteiger partial charge on any atom is 0.267 e. The first kappa shape index (κ1) is 20.8. The topological polar surface area (TPSA) is 91.4 Å². The zero-order valence-corrected chi connectivity index (χ0v) is 16.9. The normalized spacial score (nSPS) is 19.3. The number of benzene rings is 1. The van der Waals surface area contributed by atoms with Gasteiger partial charge in [0.2, 0.25) is 0 Å². The van der Waals surface area contributed by atoms with E-state index in [2.05, 4.69) is 37.9 Å². The molecule has 3 N–H and O–H groups in total. The molecule has 0 aromatic heterocycles. The van der Waals surface area contributed by atoms with E-state index in [0.717, 1.165) is 18.6 Å². The molecule has 1 aliphatic heterocycles. The van der Waals surface area contributed by atoms with Crippen molar-refractivity contribution in [2.45, 2.75) is 64.6 Å². The summed E-state index contributed by atoms with van der Waals surface area (Å²) in [5.41, 5.74) is 6.40. The summed E-state index contributed by atoms with van der Waals surface area (Å²) in [5, 5.41) is 12.3. The van der Waals surface area contributed by atoms with E-state index in [4.69, 9.17) is 10.5 Å². The van der Waals surface area contributed by atoms with Gasteiger partial charge in [0.15, 0.2) is 0 Å². The van der Waals surface area contributed by atoms with Crippen molar-refractivity contribution in [2.24, 2.45) is 5.73 Å². The van der Waals surface area contributed by atoms with Gasteiger partial charge in [-0.2, -0.15) is 5.26 Å². The number of nitrogens with two attached hydrogens (primary N) is 1. The fourth-order valence-electron chi connectivity index (χ4n) is 3.99. The van der Waals surface area contributed by atoms with Gasteiger partial charge in [-0.1, -0.05) is 0 Å². The molecule has 6 heteroatoms. The summed E-state index contributed by atoms with van der Waals surface area (Å²) in [6.07, 6.45) is 3.27. The van der Waals surface area contributed by atoms with Gasteiger partial charge < -0.3 is 20.7 Å². The molecule has 1 amide bonds. The summed E-state index contributed by atoms with van der Waals surface area (Å²) in [5.74, 6) is 0.308. The highest BCUT2D eigenvalue weighted by molar-refractivity contribution is 6.06. The molecule has 0 aliphatic carbocycles. The van der Waals surface area contributed by atoms with E-state index >= 15 is 0 Å². The van der Waals surface area contributed by atoms with Crippen LogP contribution in [0.1, 0.15) is 47.5 Å². The minimum atomic E-state index is -0.428. The van der Waals surface area contributed by atoms with Crippen molar-refractivity contribution in [3.05, 3.63) is 36.0 Å². The lowest BCUT2D eigenvalue weighted by Gasteiger charge is -2.54. The van der Waals surface area contributed by atoms with Gasteiger partial charge in [0, 0.05) is 29.0 Å². The molecule has 2 rings (SSSR count). The van der Waals surface area contributed by atoms with E-state index in [9.17, 15) is 10.1 Å². The average molecular weight is 370 g/mol. The minimum Gasteiger partial charge on any atom is -0.494 e. The van der Waals surface area contributed by atoms with Crippen LogP contribution in [-0.2, 0) is 4.79 Å². The number of nitrogens with one attached hydrogen (secondary N) is 1. The Balaban J connectivity index is 2.21. The maximum absolute atomic E-state index is 12.6. The number of nitriles is 1. The highest BCUT2D eigenvalue weighted by atomic mass is 16.5. The highest BCUT2D eigenvalue weighted by Gasteiger charge is 2.43. The monoisotopic (exact) mass is 370 g/mol. The number of nitrogens with zero attached hydrogens (tertiary/aromatic N) is 2. The molecular weight excluding hydrogens is 340 g/mol. The summed E-state index contributed by atoms with van der Waals surface area (Å²) in [7, 11) is 0. The van der Waals surface area contributed by atoms with Crippen molar-refractivity contribution in [3.8, 4) is 11.8 Å². The van der Waals surface area contributed by atoms with Crippen LogP contribution >= 0.6 is 0 Å². The van der Waals surface area contributed by atoms with Crippen molar-refractivity contribution in [2.75, 3.05) is 11.9 Å². The lowest BCUT2D eigenvalue weighted by Crippen LogP contribution is -2.61. The van der Waals surface area contributed by atoms with Crippen LogP contribution < -0.4 is 15.8 Å². The van der Waals surface area contributed by atoms with Crippen LogP contribution in [0, 0.1) is 11.3 Å². The first-order valence-electron chi connectivity index (χ1n) is 9.30. The van der Waals surface area contributed by atoms with Crippen molar-refractivity contribution in [1.29, 1.82) is 5.26 Å². The van der Waals surface area contributed by atoms with Gasteiger partial charge >= 0.3 is 0 Å². The third kappa shape index (κ3) is 5.01. The number of rotatable bonds is 5. The van der Waals surface area contributed by atoms with Crippen LogP contribution in [0.5, 0.6) is 5.75 Å². The molecule has 0 saturated carbocycles.